The first-order chi connectivity index (χ1) is 7.92. The van der Waals surface area contributed by atoms with Gasteiger partial charge in [0.2, 0.25) is 0 Å². The molecule has 0 fully saturated rings. The number of carbonyl (C=O) groups excluding carboxylic acids is 1. The summed E-state index contributed by atoms with van der Waals surface area (Å²) in [6, 6.07) is 1.94. The van der Waals surface area contributed by atoms with Crippen LogP contribution in [0.4, 0.5) is 0 Å². The first-order valence-electron chi connectivity index (χ1n) is 5.71. The topological polar surface area (TPSA) is 35.5 Å². The monoisotopic (exact) mass is 234 g/mol. The van der Waals surface area contributed by atoms with Crippen molar-refractivity contribution in [1.29, 1.82) is 0 Å². The lowest BCUT2D eigenvalue weighted by Gasteiger charge is -2.21. The third-order valence-electron chi connectivity index (χ3n) is 3.42. The normalized spacial score (nSPS) is 16.9. The maximum atomic E-state index is 12.1. The number of hydrogen-bond acceptors (Lipinski definition) is 3. The second-order valence-electron chi connectivity index (χ2n) is 5.16. The highest BCUT2D eigenvalue weighted by atomic mass is 16.5. The molecular weight excluding hydrogens is 216 g/mol. The SMILES string of the molecule is COc1cc(C)c2c(c1OC)C(=O)CC2(C)C. The Morgan fingerprint density at radius 2 is 1.88 bits per heavy atom. The molecule has 0 atom stereocenters. The summed E-state index contributed by atoms with van der Waals surface area (Å²) < 4.78 is 10.6. The molecule has 0 heterocycles. The van der Waals surface area contributed by atoms with Gasteiger partial charge in [-0.05, 0) is 29.5 Å². The van der Waals surface area contributed by atoms with E-state index in [2.05, 4.69) is 13.8 Å². The molecule has 0 amide bonds. The Labute approximate surface area is 102 Å². The maximum absolute atomic E-state index is 12.1. The fourth-order valence-electron chi connectivity index (χ4n) is 2.84. The van der Waals surface area contributed by atoms with E-state index in [1.165, 1.54) is 0 Å². The lowest BCUT2D eigenvalue weighted by atomic mass is 9.83. The van der Waals surface area contributed by atoms with Gasteiger partial charge in [0.25, 0.3) is 0 Å². The first-order valence-corrected chi connectivity index (χ1v) is 5.71. The van der Waals surface area contributed by atoms with Crippen molar-refractivity contribution in [2.45, 2.75) is 32.6 Å². The number of methoxy groups -OCH3 is 2. The van der Waals surface area contributed by atoms with Gasteiger partial charge in [-0.15, -0.1) is 0 Å². The molecule has 0 aliphatic heterocycles. The van der Waals surface area contributed by atoms with E-state index in [4.69, 9.17) is 9.47 Å². The molecule has 0 aromatic heterocycles. The molecule has 3 heteroatoms. The number of ketones is 1. The van der Waals surface area contributed by atoms with Crippen LogP contribution >= 0.6 is 0 Å². The number of fused-ring (bicyclic) bond motifs is 1. The Hall–Kier alpha value is -1.51. The standard InChI is InChI=1S/C14H18O3/c1-8-6-10(16-4)13(17-5)11-9(15)7-14(2,3)12(8)11/h6H,7H2,1-5H3. The van der Waals surface area contributed by atoms with E-state index < -0.39 is 0 Å². The smallest absolute Gasteiger partial charge is 0.171 e. The summed E-state index contributed by atoms with van der Waals surface area (Å²) >= 11 is 0. The van der Waals surface area contributed by atoms with Gasteiger partial charge in [-0.1, -0.05) is 13.8 Å². The number of aryl methyl sites for hydroxylation is 1. The van der Waals surface area contributed by atoms with E-state index in [1.807, 2.05) is 13.0 Å². The Morgan fingerprint density at radius 3 is 2.41 bits per heavy atom. The molecule has 1 aromatic rings. The van der Waals surface area contributed by atoms with Crippen LogP contribution in [0.1, 0.15) is 41.8 Å². The van der Waals surface area contributed by atoms with E-state index in [-0.39, 0.29) is 11.2 Å². The minimum absolute atomic E-state index is 0.115. The number of carbonyl (C=O) groups is 1. The molecule has 0 N–H and O–H groups in total. The fraction of sp³-hybridized carbons (Fsp3) is 0.500. The summed E-state index contributed by atoms with van der Waals surface area (Å²) in [6.45, 7) is 6.20. The van der Waals surface area contributed by atoms with Gasteiger partial charge in [0, 0.05) is 6.42 Å². The summed E-state index contributed by atoms with van der Waals surface area (Å²) in [5.41, 5.74) is 2.78. The van der Waals surface area contributed by atoms with Crippen LogP contribution in [0, 0.1) is 6.92 Å². The van der Waals surface area contributed by atoms with Crippen LogP contribution in [0.5, 0.6) is 11.5 Å². The van der Waals surface area contributed by atoms with Crippen LogP contribution < -0.4 is 9.47 Å². The van der Waals surface area contributed by atoms with Crippen LogP contribution in [-0.2, 0) is 5.41 Å². The van der Waals surface area contributed by atoms with Crippen LogP contribution in [0.3, 0.4) is 0 Å². The second-order valence-corrected chi connectivity index (χ2v) is 5.16. The molecule has 2 rings (SSSR count). The van der Waals surface area contributed by atoms with E-state index in [1.54, 1.807) is 14.2 Å². The molecule has 0 unspecified atom stereocenters. The highest BCUT2D eigenvalue weighted by Gasteiger charge is 2.40. The third kappa shape index (κ3) is 1.61. The largest absolute Gasteiger partial charge is 0.493 e. The number of hydrogen-bond donors (Lipinski definition) is 0. The Balaban J connectivity index is 2.80. The van der Waals surface area contributed by atoms with Crippen LogP contribution in [0.2, 0.25) is 0 Å². The Bertz CT molecular complexity index is 487. The van der Waals surface area contributed by atoms with Crippen LogP contribution in [-0.4, -0.2) is 20.0 Å². The predicted octanol–water partition coefficient (Wildman–Crippen LogP) is 2.88. The minimum atomic E-state index is -0.115. The number of rotatable bonds is 2. The average Bonchev–Trinajstić information content (AvgIpc) is 2.49. The van der Waals surface area contributed by atoms with Crippen molar-refractivity contribution < 1.29 is 14.3 Å². The molecule has 0 saturated carbocycles. The molecule has 0 radical (unpaired) electrons. The molecule has 1 aromatic carbocycles. The van der Waals surface area contributed by atoms with Gasteiger partial charge < -0.3 is 9.47 Å². The minimum Gasteiger partial charge on any atom is -0.493 e. The summed E-state index contributed by atoms with van der Waals surface area (Å²) in [7, 11) is 3.17. The van der Waals surface area contributed by atoms with Crippen molar-refractivity contribution in [1.82, 2.24) is 0 Å². The first kappa shape index (κ1) is 12.0. The summed E-state index contributed by atoms with van der Waals surface area (Å²) in [4.78, 5) is 12.1. The zero-order valence-electron chi connectivity index (χ0n) is 11.0. The quantitative estimate of drug-likeness (QED) is 0.789. The Kier molecular flexibility index (Phi) is 2.64. The lowest BCUT2D eigenvalue weighted by Crippen LogP contribution is -2.14. The van der Waals surface area contributed by atoms with Crippen molar-refractivity contribution in [3.05, 3.63) is 22.8 Å². The highest BCUT2D eigenvalue weighted by molar-refractivity contribution is 6.05. The number of Topliss-reactive ketones (excluding diaryl/α,β-unsaturated/α-hetero) is 1. The van der Waals surface area contributed by atoms with Gasteiger partial charge in [0.15, 0.2) is 17.3 Å². The van der Waals surface area contributed by atoms with Crippen LogP contribution in [0.25, 0.3) is 0 Å². The van der Waals surface area contributed by atoms with Crippen molar-refractivity contribution in [2.75, 3.05) is 14.2 Å². The van der Waals surface area contributed by atoms with Gasteiger partial charge in [-0.3, -0.25) is 4.79 Å². The highest BCUT2D eigenvalue weighted by Crippen LogP contribution is 2.47. The molecule has 92 valence electrons. The Morgan fingerprint density at radius 1 is 1.24 bits per heavy atom. The molecule has 0 saturated heterocycles. The van der Waals surface area contributed by atoms with Crippen molar-refractivity contribution in [2.24, 2.45) is 0 Å². The van der Waals surface area contributed by atoms with E-state index in [0.29, 0.717) is 23.5 Å². The van der Waals surface area contributed by atoms with Gasteiger partial charge in [0.05, 0.1) is 19.8 Å². The van der Waals surface area contributed by atoms with Crippen molar-refractivity contribution in [3.63, 3.8) is 0 Å². The van der Waals surface area contributed by atoms with Gasteiger partial charge in [-0.25, -0.2) is 0 Å². The molecule has 0 spiro atoms. The van der Waals surface area contributed by atoms with Gasteiger partial charge in [-0.2, -0.15) is 0 Å². The third-order valence-corrected chi connectivity index (χ3v) is 3.42. The number of benzene rings is 1. The van der Waals surface area contributed by atoms with E-state index >= 15 is 0 Å². The zero-order chi connectivity index (χ0) is 12.8. The molecular formula is C14H18O3. The second kappa shape index (κ2) is 3.76. The molecule has 3 nitrogen and oxygen atoms in total. The summed E-state index contributed by atoms with van der Waals surface area (Å²) in [5.74, 6) is 1.35. The predicted molar refractivity (Wildman–Crippen MR) is 66.3 cm³/mol. The van der Waals surface area contributed by atoms with E-state index in [9.17, 15) is 4.79 Å². The fourth-order valence-corrected chi connectivity index (χ4v) is 2.84. The lowest BCUT2D eigenvalue weighted by molar-refractivity contribution is 0.0976. The van der Waals surface area contributed by atoms with Crippen molar-refractivity contribution >= 4 is 5.78 Å². The van der Waals surface area contributed by atoms with Crippen LogP contribution in [0.15, 0.2) is 6.07 Å². The van der Waals surface area contributed by atoms with E-state index in [0.717, 1.165) is 11.1 Å². The summed E-state index contributed by atoms with van der Waals surface area (Å²) in [6.07, 6.45) is 0.534. The zero-order valence-corrected chi connectivity index (χ0v) is 11.0. The molecule has 0 bridgehead atoms. The molecule has 1 aliphatic carbocycles. The maximum Gasteiger partial charge on any atom is 0.171 e. The van der Waals surface area contributed by atoms with Gasteiger partial charge >= 0.3 is 0 Å². The average molecular weight is 234 g/mol. The van der Waals surface area contributed by atoms with Crippen molar-refractivity contribution in [3.8, 4) is 11.5 Å². The molecule has 1 aliphatic rings. The summed E-state index contributed by atoms with van der Waals surface area (Å²) in [5, 5.41) is 0. The number of ether oxygens (including phenoxy) is 2. The van der Waals surface area contributed by atoms with Gasteiger partial charge in [0.1, 0.15) is 0 Å². The molecule has 17 heavy (non-hydrogen) atoms.